The average molecular weight is 452 g/mol. The van der Waals surface area contributed by atoms with Crippen LogP contribution in [0.2, 0.25) is 0 Å². The van der Waals surface area contributed by atoms with Crippen molar-refractivity contribution in [2.75, 3.05) is 5.06 Å². The van der Waals surface area contributed by atoms with Gasteiger partial charge in [0.2, 0.25) is 0 Å². The second-order valence-electron chi connectivity index (χ2n) is 10.6. The molecular formula is C30H33N3O. The van der Waals surface area contributed by atoms with Crippen molar-refractivity contribution in [1.29, 1.82) is 10.5 Å². The Morgan fingerprint density at radius 1 is 0.676 bits per heavy atom. The SMILES string of the molecule is CC(C)(C#N)ON(c1c(-c2ccccc2)cc(-c2ccccc2)cc1C(C)(C)C)C(C)(C)C#N. The van der Waals surface area contributed by atoms with Gasteiger partial charge in [-0.2, -0.15) is 10.5 Å². The number of hydrogen-bond donors (Lipinski definition) is 0. The number of hydroxylamine groups is 1. The summed E-state index contributed by atoms with van der Waals surface area (Å²) < 4.78 is 0. The summed E-state index contributed by atoms with van der Waals surface area (Å²) in [7, 11) is 0. The molecular weight excluding hydrogens is 418 g/mol. The molecule has 0 fully saturated rings. The number of anilines is 1. The number of hydrogen-bond acceptors (Lipinski definition) is 4. The van der Waals surface area contributed by atoms with Gasteiger partial charge in [0.05, 0.1) is 17.8 Å². The first-order chi connectivity index (χ1) is 15.9. The monoisotopic (exact) mass is 451 g/mol. The molecule has 0 amide bonds. The van der Waals surface area contributed by atoms with Crippen LogP contribution in [-0.2, 0) is 10.3 Å². The van der Waals surface area contributed by atoms with Gasteiger partial charge in [0.15, 0.2) is 5.60 Å². The zero-order chi connectivity index (χ0) is 25.1. The van der Waals surface area contributed by atoms with E-state index in [0.29, 0.717) is 0 Å². The van der Waals surface area contributed by atoms with Crippen LogP contribution in [0.25, 0.3) is 22.3 Å². The van der Waals surface area contributed by atoms with E-state index >= 15 is 0 Å². The van der Waals surface area contributed by atoms with Crippen LogP contribution in [0.1, 0.15) is 54.0 Å². The van der Waals surface area contributed by atoms with Gasteiger partial charge in [-0.1, -0.05) is 81.4 Å². The van der Waals surface area contributed by atoms with E-state index in [4.69, 9.17) is 4.84 Å². The number of nitriles is 2. The maximum Gasteiger partial charge on any atom is 0.176 e. The van der Waals surface area contributed by atoms with Crippen molar-refractivity contribution in [2.24, 2.45) is 0 Å². The lowest BCUT2D eigenvalue weighted by molar-refractivity contribution is -0.0158. The summed E-state index contributed by atoms with van der Waals surface area (Å²) in [5.74, 6) is 0. The molecule has 3 rings (SSSR count). The number of nitrogens with zero attached hydrogens (tertiary/aromatic N) is 3. The summed E-state index contributed by atoms with van der Waals surface area (Å²) >= 11 is 0. The number of benzene rings is 3. The molecule has 0 N–H and O–H groups in total. The lowest BCUT2D eigenvalue weighted by atomic mass is 9.80. The summed E-state index contributed by atoms with van der Waals surface area (Å²) in [4.78, 5) is 6.32. The van der Waals surface area contributed by atoms with E-state index in [1.165, 1.54) is 0 Å². The molecule has 0 aliphatic carbocycles. The largest absolute Gasteiger partial charge is 0.251 e. The minimum Gasteiger partial charge on any atom is -0.251 e. The lowest BCUT2D eigenvalue weighted by Gasteiger charge is -2.41. The Kier molecular flexibility index (Phi) is 6.87. The Labute approximate surface area is 204 Å². The minimum absolute atomic E-state index is 0.270. The smallest absolute Gasteiger partial charge is 0.176 e. The first-order valence-corrected chi connectivity index (χ1v) is 11.5. The summed E-state index contributed by atoms with van der Waals surface area (Å²) in [5, 5.41) is 21.5. The average Bonchev–Trinajstić information content (AvgIpc) is 2.82. The standard InChI is InChI=1S/C30H33N3O/c1-28(2,3)26-19-24(22-14-10-8-11-15-22)18-25(23-16-12-9-13-17-23)27(26)33(29(4,5)20-31)34-30(6,7)21-32/h8-19H,1-7H3. The highest BCUT2D eigenvalue weighted by Gasteiger charge is 2.38. The van der Waals surface area contributed by atoms with E-state index in [9.17, 15) is 10.5 Å². The summed E-state index contributed by atoms with van der Waals surface area (Å²) in [6.07, 6.45) is 0. The van der Waals surface area contributed by atoms with Crippen molar-refractivity contribution in [1.82, 2.24) is 0 Å². The van der Waals surface area contributed by atoms with E-state index in [-0.39, 0.29) is 5.41 Å². The van der Waals surface area contributed by atoms with Crippen molar-refractivity contribution < 1.29 is 4.84 Å². The molecule has 0 radical (unpaired) electrons. The first kappa shape index (κ1) is 25.0. The maximum absolute atomic E-state index is 10.1. The molecule has 0 spiro atoms. The van der Waals surface area contributed by atoms with Crippen LogP contribution >= 0.6 is 0 Å². The van der Waals surface area contributed by atoms with E-state index in [0.717, 1.165) is 33.5 Å². The molecule has 34 heavy (non-hydrogen) atoms. The van der Waals surface area contributed by atoms with Crippen molar-refractivity contribution in [3.63, 3.8) is 0 Å². The molecule has 3 aromatic rings. The summed E-state index contributed by atoms with van der Waals surface area (Å²) in [5.41, 5.74) is 3.55. The normalized spacial score (nSPS) is 12.0. The summed E-state index contributed by atoms with van der Waals surface area (Å²) in [6.45, 7) is 13.5. The van der Waals surface area contributed by atoms with Crippen LogP contribution in [-0.4, -0.2) is 11.1 Å². The zero-order valence-corrected chi connectivity index (χ0v) is 21.2. The van der Waals surface area contributed by atoms with Gasteiger partial charge in [-0.15, -0.1) is 0 Å². The maximum atomic E-state index is 10.1. The molecule has 4 heteroatoms. The van der Waals surface area contributed by atoms with Crippen molar-refractivity contribution >= 4 is 5.69 Å². The van der Waals surface area contributed by atoms with Gasteiger partial charge >= 0.3 is 0 Å². The molecule has 0 bridgehead atoms. The molecule has 0 aromatic heterocycles. The van der Waals surface area contributed by atoms with Crippen LogP contribution in [0.5, 0.6) is 0 Å². The van der Waals surface area contributed by atoms with Crippen LogP contribution in [0.4, 0.5) is 5.69 Å². The van der Waals surface area contributed by atoms with Gasteiger partial charge in [0.25, 0.3) is 0 Å². The third-order valence-electron chi connectivity index (χ3n) is 5.68. The lowest BCUT2D eigenvalue weighted by Crippen LogP contribution is -2.48. The Morgan fingerprint density at radius 3 is 1.68 bits per heavy atom. The van der Waals surface area contributed by atoms with Crippen molar-refractivity contribution in [2.45, 2.75) is 65.0 Å². The Bertz CT molecular complexity index is 1220. The molecule has 0 heterocycles. The fraction of sp³-hybridized carbons (Fsp3) is 0.333. The van der Waals surface area contributed by atoms with Crippen LogP contribution in [0.3, 0.4) is 0 Å². The zero-order valence-electron chi connectivity index (χ0n) is 21.2. The molecule has 3 aromatic carbocycles. The highest BCUT2D eigenvalue weighted by atomic mass is 16.7. The topological polar surface area (TPSA) is 60.0 Å². The van der Waals surface area contributed by atoms with Gasteiger partial charge in [-0.05, 0) is 67.5 Å². The van der Waals surface area contributed by atoms with Gasteiger partial charge in [-0.3, -0.25) is 4.84 Å². The third-order valence-corrected chi connectivity index (χ3v) is 5.68. The van der Waals surface area contributed by atoms with Gasteiger partial charge in [0.1, 0.15) is 5.54 Å². The highest BCUT2D eigenvalue weighted by Crippen LogP contribution is 2.45. The molecule has 0 atom stereocenters. The summed E-state index contributed by atoms with van der Waals surface area (Å²) in [6, 6.07) is 29.3. The Morgan fingerprint density at radius 2 is 1.21 bits per heavy atom. The predicted octanol–water partition coefficient (Wildman–Crippen LogP) is 7.66. The minimum atomic E-state index is -1.13. The van der Waals surface area contributed by atoms with Crippen LogP contribution < -0.4 is 5.06 Å². The van der Waals surface area contributed by atoms with E-state index in [1.54, 1.807) is 18.9 Å². The molecule has 0 saturated heterocycles. The second kappa shape index (κ2) is 9.34. The van der Waals surface area contributed by atoms with Crippen LogP contribution in [0.15, 0.2) is 72.8 Å². The first-order valence-electron chi connectivity index (χ1n) is 11.5. The van der Waals surface area contributed by atoms with E-state index in [2.05, 4.69) is 69.3 Å². The van der Waals surface area contributed by atoms with E-state index in [1.807, 2.05) is 50.2 Å². The fourth-order valence-electron chi connectivity index (χ4n) is 3.79. The van der Waals surface area contributed by atoms with Crippen LogP contribution in [0, 0.1) is 22.7 Å². The molecule has 0 unspecified atom stereocenters. The Hall–Kier alpha value is -3.60. The fourth-order valence-corrected chi connectivity index (χ4v) is 3.79. The van der Waals surface area contributed by atoms with E-state index < -0.39 is 11.1 Å². The molecule has 0 aliphatic rings. The predicted molar refractivity (Wildman–Crippen MR) is 139 cm³/mol. The van der Waals surface area contributed by atoms with Gasteiger partial charge in [0, 0.05) is 5.56 Å². The molecule has 0 aliphatic heterocycles. The molecule has 0 saturated carbocycles. The second-order valence-corrected chi connectivity index (χ2v) is 10.6. The highest BCUT2D eigenvalue weighted by molar-refractivity contribution is 5.87. The van der Waals surface area contributed by atoms with Gasteiger partial charge in [-0.25, -0.2) is 5.06 Å². The van der Waals surface area contributed by atoms with Crippen molar-refractivity contribution in [3.8, 4) is 34.4 Å². The molecule has 174 valence electrons. The van der Waals surface area contributed by atoms with Gasteiger partial charge < -0.3 is 0 Å². The quantitative estimate of drug-likeness (QED) is 0.361. The van der Waals surface area contributed by atoms with Crippen molar-refractivity contribution in [3.05, 3.63) is 78.4 Å². The number of rotatable bonds is 6. The Balaban J connectivity index is 2.46. The molecule has 4 nitrogen and oxygen atoms in total. The third kappa shape index (κ3) is 5.30.